The third-order valence-electron chi connectivity index (χ3n) is 2.73. The number of carbonyl (C=O) groups is 1. The van der Waals surface area contributed by atoms with Crippen LogP contribution in [0, 0.1) is 5.92 Å². The second-order valence-electron chi connectivity index (χ2n) is 4.80. The number of alkyl halides is 3. The zero-order valence-electron chi connectivity index (χ0n) is 11.5. The fourth-order valence-corrected chi connectivity index (χ4v) is 1.95. The number of thiocarbonyl (C=S) groups is 1. The standard InChI is InChI=1S/C13H16F3N3OS/c1-7(2)10(11(17)21)19-12(20)18-9-5-3-8(4-6-9)13(14,15)16/h3-7,10H,1-2H3,(H2,17,21)(H2,18,19,20). The van der Waals surface area contributed by atoms with Crippen molar-refractivity contribution in [1.29, 1.82) is 0 Å². The van der Waals surface area contributed by atoms with Crippen molar-refractivity contribution in [2.75, 3.05) is 5.32 Å². The molecule has 0 aliphatic heterocycles. The van der Waals surface area contributed by atoms with Crippen molar-refractivity contribution in [2.24, 2.45) is 11.7 Å². The second kappa shape index (κ2) is 6.75. The summed E-state index contributed by atoms with van der Waals surface area (Å²) in [7, 11) is 0. The number of amides is 2. The molecule has 0 spiro atoms. The summed E-state index contributed by atoms with van der Waals surface area (Å²) >= 11 is 4.84. The first-order chi connectivity index (χ1) is 9.61. The molecule has 1 atom stereocenters. The third-order valence-corrected chi connectivity index (χ3v) is 2.98. The van der Waals surface area contributed by atoms with Crippen molar-refractivity contribution in [3.8, 4) is 0 Å². The molecule has 1 aromatic carbocycles. The molecule has 0 aliphatic rings. The second-order valence-corrected chi connectivity index (χ2v) is 5.27. The van der Waals surface area contributed by atoms with E-state index in [0.717, 1.165) is 12.1 Å². The molecule has 0 saturated heterocycles. The third kappa shape index (κ3) is 5.22. The molecule has 1 aromatic rings. The molecule has 0 fully saturated rings. The van der Waals surface area contributed by atoms with E-state index in [-0.39, 0.29) is 16.6 Å². The molecule has 0 bridgehead atoms. The monoisotopic (exact) mass is 319 g/mol. The lowest BCUT2D eigenvalue weighted by atomic mass is 10.1. The van der Waals surface area contributed by atoms with Crippen LogP contribution in [-0.2, 0) is 6.18 Å². The van der Waals surface area contributed by atoms with Crippen molar-refractivity contribution in [3.63, 3.8) is 0 Å². The first-order valence-electron chi connectivity index (χ1n) is 6.15. The average Bonchev–Trinajstić information content (AvgIpc) is 2.34. The Morgan fingerprint density at radius 2 is 1.76 bits per heavy atom. The van der Waals surface area contributed by atoms with Crippen molar-refractivity contribution in [3.05, 3.63) is 29.8 Å². The van der Waals surface area contributed by atoms with E-state index < -0.39 is 23.8 Å². The summed E-state index contributed by atoms with van der Waals surface area (Å²) in [5.41, 5.74) is 4.97. The smallest absolute Gasteiger partial charge is 0.392 e. The van der Waals surface area contributed by atoms with Crippen LogP contribution in [0.2, 0.25) is 0 Å². The molecule has 4 nitrogen and oxygen atoms in total. The Kier molecular flexibility index (Phi) is 5.54. The highest BCUT2D eigenvalue weighted by Gasteiger charge is 2.30. The Hall–Kier alpha value is -1.83. The molecule has 4 N–H and O–H groups in total. The van der Waals surface area contributed by atoms with Gasteiger partial charge >= 0.3 is 12.2 Å². The van der Waals surface area contributed by atoms with Crippen LogP contribution in [0.25, 0.3) is 0 Å². The summed E-state index contributed by atoms with van der Waals surface area (Å²) in [6, 6.07) is 3.06. The van der Waals surface area contributed by atoms with Gasteiger partial charge in [-0.3, -0.25) is 0 Å². The molecule has 2 amide bonds. The van der Waals surface area contributed by atoms with Gasteiger partial charge in [0.25, 0.3) is 0 Å². The van der Waals surface area contributed by atoms with E-state index in [2.05, 4.69) is 10.6 Å². The van der Waals surface area contributed by atoms with E-state index in [1.165, 1.54) is 12.1 Å². The van der Waals surface area contributed by atoms with Crippen molar-refractivity contribution in [1.82, 2.24) is 5.32 Å². The van der Waals surface area contributed by atoms with Crippen LogP contribution < -0.4 is 16.4 Å². The van der Waals surface area contributed by atoms with E-state index in [1.807, 2.05) is 13.8 Å². The fraction of sp³-hybridized carbons (Fsp3) is 0.385. The first-order valence-corrected chi connectivity index (χ1v) is 6.56. The molecule has 116 valence electrons. The topological polar surface area (TPSA) is 67.2 Å². The maximum absolute atomic E-state index is 12.4. The van der Waals surface area contributed by atoms with Gasteiger partial charge in [-0.2, -0.15) is 13.2 Å². The molecule has 0 heterocycles. The van der Waals surface area contributed by atoms with Gasteiger partial charge in [-0.25, -0.2) is 4.79 Å². The normalized spacial score (nSPS) is 12.9. The Bertz CT molecular complexity index is 514. The minimum atomic E-state index is -4.41. The Morgan fingerprint density at radius 1 is 1.24 bits per heavy atom. The number of hydrogen-bond donors (Lipinski definition) is 3. The fourth-order valence-electron chi connectivity index (χ4n) is 1.62. The highest BCUT2D eigenvalue weighted by Crippen LogP contribution is 2.29. The molecule has 1 unspecified atom stereocenters. The molecule has 0 radical (unpaired) electrons. The van der Waals surface area contributed by atoms with Crippen molar-refractivity contribution in [2.45, 2.75) is 26.1 Å². The molecule has 0 aromatic heterocycles. The molecule has 21 heavy (non-hydrogen) atoms. The zero-order chi connectivity index (χ0) is 16.2. The summed E-state index contributed by atoms with van der Waals surface area (Å²) in [5, 5.41) is 5.00. The van der Waals surface area contributed by atoms with Crippen LogP contribution in [-0.4, -0.2) is 17.1 Å². The van der Waals surface area contributed by atoms with Crippen LogP contribution in [0.5, 0.6) is 0 Å². The van der Waals surface area contributed by atoms with Gasteiger partial charge in [0.2, 0.25) is 0 Å². The highest BCUT2D eigenvalue weighted by atomic mass is 32.1. The minimum Gasteiger partial charge on any atom is -0.392 e. The van der Waals surface area contributed by atoms with E-state index in [1.54, 1.807) is 0 Å². The Balaban J connectivity index is 2.69. The predicted octanol–water partition coefficient (Wildman–Crippen LogP) is 3.14. The lowest BCUT2D eigenvalue weighted by Gasteiger charge is -2.21. The maximum atomic E-state index is 12.4. The van der Waals surface area contributed by atoms with Crippen LogP contribution >= 0.6 is 12.2 Å². The van der Waals surface area contributed by atoms with Gasteiger partial charge in [0.05, 0.1) is 16.6 Å². The SMILES string of the molecule is CC(C)C(NC(=O)Nc1ccc(C(F)(F)F)cc1)C(N)=S. The zero-order valence-corrected chi connectivity index (χ0v) is 12.3. The number of nitrogens with two attached hydrogens (primary N) is 1. The number of halogens is 3. The van der Waals surface area contributed by atoms with Gasteiger partial charge < -0.3 is 16.4 Å². The minimum absolute atomic E-state index is 0.000792. The predicted molar refractivity (Wildman–Crippen MR) is 79.0 cm³/mol. The van der Waals surface area contributed by atoms with Gasteiger partial charge in [-0.05, 0) is 30.2 Å². The molecule has 0 saturated carbocycles. The first kappa shape index (κ1) is 17.2. The van der Waals surface area contributed by atoms with E-state index in [9.17, 15) is 18.0 Å². The summed E-state index contributed by atoms with van der Waals surface area (Å²) < 4.78 is 37.2. The lowest BCUT2D eigenvalue weighted by molar-refractivity contribution is -0.137. The molecular weight excluding hydrogens is 303 g/mol. The summed E-state index contributed by atoms with van der Waals surface area (Å²) in [6.07, 6.45) is -4.41. The molecular formula is C13H16F3N3OS. The Labute approximate surface area is 125 Å². The van der Waals surface area contributed by atoms with Crippen LogP contribution in [0.1, 0.15) is 19.4 Å². The number of anilines is 1. The number of benzene rings is 1. The van der Waals surface area contributed by atoms with Crippen LogP contribution in [0.4, 0.5) is 23.7 Å². The van der Waals surface area contributed by atoms with E-state index >= 15 is 0 Å². The summed E-state index contributed by atoms with van der Waals surface area (Å²) in [4.78, 5) is 11.9. The number of urea groups is 1. The van der Waals surface area contributed by atoms with Gasteiger partial charge in [-0.1, -0.05) is 26.1 Å². The summed E-state index contributed by atoms with van der Waals surface area (Å²) in [6.45, 7) is 3.67. The van der Waals surface area contributed by atoms with Gasteiger partial charge in [-0.15, -0.1) is 0 Å². The quantitative estimate of drug-likeness (QED) is 0.747. The number of carbonyl (C=O) groups excluding carboxylic acids is 1. The number of nitrogens with one attached hydrogen (secondary N) is 2. The largest absolute Gasteiger partial charge is 0.416 e. The van der Waals surface area contributed by atoms with E-state index in [4.69, 9.17) is 18.0 Å². The van der Waals surface area contributed by atoms with E-state index in [0.29, 0.717) is 0 Å². The number of rotatable bonds is 4. The average molecular weight is 319 g/mol. The van der Waals surface area contributed by atoms with Crippen molar-refractivity contribution < 1.29 is 18.0 Å². The van der Waals surface area contributed by atoms with Gasteiger partial charge in [0, 0.05) is 5.69 Å². The molecule has 1 rings (SSSR count). The van der Waals surface area contributed by atoms with Crippen LogP contribution in [0.15, 0.2) is 24.3 Å². The molecule has 8 heteroatoms. The lowest BCUT2D eigenvalue weighted by Crippen LogP contribution is -2.48. The number of hydrogen-bond acceptors (Lipinski definition) is 2. The van der Waals surface area contributed by atoms with Crippen molar-refractivity contribution >= 4 is 28.9 Å². The molecule has 0 aliphatic carbocycles. The maximum Gasteiger partial charge on any atom is 0.416 e. The van der Waals surface area contributed by atoms with Crippen LogP contribution in [0.3, 0.4) is 0 Å². The van der Waals surface area contributed by atoms with Gasteiger partial charge in [0.1, 0.15) is 0 Å². The highest BCUT2D eigenvalue weighted by molar-refractivity contribution is 7.80. The Morgan fingerprint density at radius 3 is 2.14 bits per heavy atom. The summed E-state index contributed by atoms with van der Waals surface area (Å²) in [5.74, 6) is 0.000792. The van der Waals surface area contributed by atoms with Gasteiger partial charge in [0.15, 0.2) is 0 Å².